The van der Waals surface area contributed by atoms with Gasteiger partial charge in [-0.1, -0.05) is 23.4 Å². The van der Waals surface area contributed by atoms with E-state index in [1.807, 2.05) is 0 Å². The molecule has 0 aliphatic heterocycles. The van der Waals surface area contributed by atoms with Gasteiger partial charge in [0.05, 0.1) is 10.3 Å². The van der Waals surface area contributed by atoms with E-state index in [1.165, 1.54) is 11.8 Å². The highest BCUT2D eigenvalue weighted by molar-refractivity contribution is 8.00. The number of hydrogen-bond acceptors (Lipinski definition) is 4. The molecule has 0 aliphatic rings. The molecule has 18 heavy (non-hydrogen) atoms. The number of thioether (sulfide) groups is 1. The molecular weight excluding hydrogens is 274 g/mol. The van der Waals surface area contributed by atoms with Crippen molar-refractivity contribution in [2.75, 3.05) is 6.54 Å². The maximum Gasteiger partial charge on any atom is 0.321 e. The fourth-order valence-electron chi connectivity index (χ4n) is 1.10. The molecule has 1 atom stereocenters. The molecule has 0 saturated carbocycles. The summed E-state index contributed by atoms with van der Waals surface area (Å²) < 4.78 is 0. The second kappa shape index (κ2) is 7.23. The number of halogens is 1. The first-order valence-electron chi connectivity index (χ1n) is 5.40. The van der Waals surface area contributed by atoms with Crippen molar-refractivity contribution in [3.63, 3.8) is 0 Å². The fraction of sp³-hybridized carbons (Fsp3) is 0.364. The van der Waals surface area contributed by atoms with Crippen LogP contribution in [0.25, 0.3) is 0 Å². The Hall–Kier alpha value is -1.27. The van der Waals surface area contributed by atoms with Crippen LogP contribution in [0, 0.1) is 0 Å². The van der Waals surface area contributed by atoms with Crippen LogP contribution in [0.2, 0.25) is 5.02 Å². The Kier molecular flexibility index (Phi) is 5.94. The van der Waals surface area contributed by atoms with Crippen LogP contribution in [-0.2, 0) is 4.79 Å². The third kappa shape index (κ3) is 4.54. The topological polar surface area (TPSA) is 71.1 Å². The van der Waals surface area contributed by atoms with Crippen molar-refractivity contribution in [3.8, 4) is 0 Å². The summed E-state index contributed by atoms with van der Waals surface area (Å²) in [4.78, 5) is 26.9. The van der Waals surface area contributed by atoms with Crippen molar-refractivity contribution >= 4 is 35.3 Å². The number of nitrogens with one attached hydrogen (secondary N) is 2. The molecule has 0 aliphatic carbocycles. The van der Waals surface area contributed by atoms with Crippen LogP contribution in [0.1, 0.15) is 13.8 Å². The van der Waals surface area contributed by atoms with E-state index in [-0.39, 0.29) is 5.91 Å². The van der Waals surface area contributed by atoms with Gasteiger partial charge in [0.15, 0.2) is 0 Å². The number of carbonyl (C=O) groups excluding carboxylic acids is 2. The van der Waals surface area contributed by atoms with E-state index in [0.29, 0.717) is 16.6 Å². The van der Waals surface area contributed by atoms with Crippen molar-refractivity contribution in [2.45, 2.75) is 24.1 Å². The first-order valence-corrected chi connectivity index (χ1v) is 6.66. The summed E-state index contributed by atoms with van der Waals surface area (Å²) in [7, 11) is 0. The number of nitrogens with zero attached hydrogens (tertiary/aromatic N) is 1. The highest BCUT2D eigenvalue weighted by atomic mass is 35.5. The number of aromatic nitrogens is 1. The minimum Gasteiger partial charge on any atom is -0.338 e. The summed E-state index contributed by atoms with van der Waals surface area (Å²) in [5, 5.41) is 5.32. The maximum absolute atomic E-state index is 11.7. The molecule has 7 heteroatoms. The van der Waals surface area contributed by atoms with Crippen LogP contribution in [0.5, 0.6) is 0 Å². The van der Waals surface area contributed by atoms with E-state index >= 15 is 0 Å². The number of imide groups is 1. The van der Waals surface area contributed by atoms with Gasteiger partial charge in [0, 0.05) is 12.7 Å². The third-order valence-corrected chi connectivity index (χ3v) is 3.49. The van der Waals surface area contributed by atoms with E-state index in [4.69, 9.17) is 11.6 Å². The Labute approximate surface area is 115 Å². The summed E-state index contributed by atoms with van der Waals surface area (Å²) in [5.41, 5.74) is 0. The number of pyridine rings is 1. The monoisotopic (exact) mass is 287 g/mol. The molecule has 0 bridgehead atoms. The Morgan fingerprint density at radius 1 is 1.56 bits per heavy atom. The number of hydrogen-bond donors (Lipinski definition) is 2. The highest BCUT2D eigenvalue weighted by Crippen LogP contribution is 2.27. The molecule has 5 nitrogen and oxygen atoms in total. The summed E-state index contributed by atoms with van der Waals surface area (Å²) in [6.45, 7) is 3.92. The van der Waals surface area contributed by atoms with Gasteiger partial charge in [0.25, 0.3) is 0 Å². The minimum absolute atomic E-state index is 0.382. The van der Waals surface area contributed by atoms with E-state index in [9.17, 15) is 9.59 Å². The van der Waals surface area contributed by atoms with Gasteiger partial charge in [0.1, 0.15) is 5.03 Å². The van der Waals surface area contributed by atoms with Gasteiger partial charge in [-0.25, -0.2) is 9.78 Å². The molecule has 2 N–H and O–H groups in total. The first kappa shape index (κ1) is 14.8. The first-order chi connectivity index (χ1) is 8.54. The lowest BCUT2D eigenvalue weighted by Crippen LogP contribution is -2.42. The summed E-state index contributed by atoms with van der Waals surface area (Å²) in [5.74, 6) is -0.382. The lowest BCUT2D eigenvalue weighted by atomic mass is 10.4. The molecule has 0 spiro atoms. The van der Waals surface area contributed by atoms with Gasteiger partial charge in [-0.3, -0.25) is 10.1 Å². The van der Waals surface area contributed by atoms with Crippen molar-refractivity contribution in [2.24, 2.45) is 0 Å². The minimum atomic E-state index is -0.498. The lowest BCUT2D eigenvalue weighted by molar-refractivity contribution is -0.119. The molecule has 0 fully saturated rings. The summed E-state index contributed by atoms with van der Waals surface area (Å²) in [6, 6.07) is 2.92. The van der Waals surface area contributed by atoms with Crippen LogP contribution < -0.4 is 10.6 Å². The van der Waals surface area contributed by atoms with Crippen molar-refractivity contribution in [1.82, 2.24) is 15.6 Å². The molecule has 0 unspecified atom stereocenters. The van der Waals surface area contributed by atoms with Gasteiger partial charge >= 0.3 is 6.03 Å². The van der Waals surface area contributed by atoms with Gasteiger partial charge in [-0.15, -0.1) is 0 Å². The highest BCUT2D eigenvalue weighted by Gasteiger charge is 2.18. The smallest absolute Gasteiger partial charge is 0.321 e. The Bertz CT molecular complexity index is 442. The second-order valence-corrected chi connectivity index (χ2v) is 5.14. The molecule has 1 aromatic rings. The fourth-order valence-corrected chi connectivity index (χ4v) is 2.16. The van der Waals surface area contributed by atoms with Crippen LogP contribution in [-0.4, -0.2) is 28.7 Å². The molecule has 0 aromatic carbocycles. The molecule has 0 radical (unpaired) electrons. The number of urea groups is 1. The quantitative estimate of drug-likeness (QED) is 0.832. The van der Waals surface area contributed by atoms with E-state index in [2.05, 4.69) is 15.6 Å². The SMILES string of the molecule is CCNC(=O)NC(=O)[C@H](C)Sc1ncccc1Cl. The molecular formula is C11H14ClN3O2S. The third-order valence-electron chi connectivity index (χ3n) is 1.96. The molecule has 1 heterocycles. The number of amides is 3. The largest absolute Gasteiger partial charge is 0.338 e. The maximum atomic E-state index is 11.7. The zero-order valence-corrected chi connectivity index (χ0v) is 11.6. The van der Waals surface area contributed by atoms with Crippen molar-refractivity contribution in [1.29, 1.82) is 0 Å². The van der Waals surface area contributed by atoms with Crippen molar-refractivity contribution < 1.29 is 9.59 Å². The average molecular weight is 288 g/mol. The van der Waals surface area contributed by atoms with Gasteiger partial charge in [-0.2, -0.15) is 0 Å². The lowest BCUT2D eigenvalue weighted by Gasteiger charge is -2.11. The van der Waals surface area contributed by atoms with E-state index in [0.717, 1.165) is 0 Å². The molecule has 0 saturated heterocycles. The Morgan fingerprint density at radius 3 is 2.89 bits per heavy atom. The zero-order chi connectivity index (χ0) is 13.5. The van der Waals surface area contributed by atoms with Crippen LogP contribution in [0.4, 0.5) is 4.79 Å². The van der Waals surface area contributed by atoms with E-state index in [1.54, 1.807) is 32.2 Å². The normalized spacial score (nSPS) is 11.7. The predicted octanol–water partition coefficient (Wildman–Crippen LogP) is 2.06. The standard InChI is InChI=1S/C11H14ClN3O2S/c1-3-13-11(17)15-9(16)7(2)18-10-8(12)5-4-6-14-10/h4-7H,3H2,1-2H3,(H2,13,15,16,17)/t7-/m0/s1. The summed E-state index contributed by atoms with van der Waals surface area (Å²) >= 11 is 7.14. The van der Waals surface area contributed by atoms with Crippen LogP contribution in [0.3, 0.4) is 0 Å². The Balaban J connectivity index is 2.55. The molecule has 1 aromatic heterocycles. The number of carbonyl (C=O) groups is 2. The van der Waals surface area contributed by atoms with Crippen LogP contribution >= 0.6 is 23.4 Å². The van der Waals surface area contributed by atoms with E-state index < -0.39 is 11.3 Å². The molecule has 98 valence electrons. The van der Waals surface area contributed by atoms with Crippen LogP contribution in [0.15, 0.2) is 23.4 Å². The average Bonchev–Trinajstić information content (AvgIpc) is 2.32. The van der Waals surface area contributed by atoms with Gasteiger partial charge in [0.2, 0.25) is 5.91 Å². The zero-order valence-electron chi connectivity index (χ0n) is 10.1. The van der Waals surface area contributed by atoms with Crippen molar-refractivity contribution in [3.05, 3.63) is 23.4 Å². The van der Waals surface area contributed by atoms with Gasteiger partial charge in [-0.05, 0) is 26.0 Å². The molecule has 1 rings (SSSR count). The Morgan fingerprint density at radius 2 is 2.28 bits per heavy atom. The summed E-state index contributed by atoms with van der Waals surface area (Å²) in [6.07, 6.45) is 1.60. The van der Waals surface area contributed by atoms with Gasteiger partial charge < -0.3 is 5.32 Å². The predicted molar refractivity (Wildman–Crippen MR) is 71.8 cm³/mol. The number of rotatable bonds is 4. The second-order valence-electron chi connectivity index (χ2n) is 3.40. The molecule has 3 amide bonds.